The summed E-state index contributed by atoms with van der Waals surface area (Å²) in [6, 6.07) is 6.27. The molecule has 0 aliphatic rings. The molecule has 0 radical (unpaired) electrons. The molecule has 0 spiro atoms. The standard InChI is InChI=1S/C12H18BrNO3S/c1-2-3-11(8-9-15)14-18(16,17)12-6-4-10(13)5-7-12/h4-7,11,14-15H,2-3,8-9H2,1H3/t11-/m1/s1. The minimum Gasteiger partial charge on any atom is -0.396 e. The van der Waals surface area contributed by atoms with Crippen LogP contribution in [0.25, 0.3) is 0 Å². The summed E-state index contributed by atoms with van der Waals surface area (Å²) in [5, 5.41) is 8.93. The monoisotopic (exact) mass is 335 g/mol. The Morgan fingerprint density at radius 3 is 2.39 bits per heavy atom. The van der Waals surface area contributed by atoms with Gasteiger partial charge in [0.25, 0.3) is 0 Å². The molecule has 0 unspecified atom stereocenters. The van der Waals surface area contributed by atoms with Crippen LogP contribution in [-0.4, -0.2) is 26.2 Å². The second kappa shape index (κ2) is 7.23. The molecule has 0 aromatic heterocycles. The highest BCUT2D eigenvalue weighted by molar-refractivity contribution is 9.10. The van der Waals surface area contributed by atoms with Crippen molar-refractivity contribution in [3.8, 4) is 0 Å². The van der Waals surface area contributed by atoms with Crippen LogP contribution in [-0.2, 0) is 10.0 Å². The number of aliphatic hydroxyl groups is 1. The second-order valence-electron chi connectivity index (χ2n) is 4.07. The molecular formula is C12H18BrNO3S. The SMILES string of the molecule is CCC[C@H](CCO)NS(=O)(=O)c1ccc(Br)cc1. The quantitative estimate of drug-likeness (QED) is 0.803. The van der Waals surface area contributed by atoms with Crippen molar-refractivity contribution in [3.63, 3.8) is 0 Å². The topological polar surface area (TPSA) is 66.4 Å². The molecule has 0 heterocycles. The first-order valence-electron chi connectivity index (χ1n) is 5.88. The van der Waals surface area contributed by atoms with E-state index in [-0.39, 0.29) is 17.5 Å². The third kappa shape index (κ3) is 4.68. The minimum absolute atomic E-state index is 0.0203. The first-order valence-corrected chi connectivity index (χ1v) is 8.16. The van der Waals surface area contributed by atoms with Crippen LogP contribution < -0.4 is 4.72 Å². The van der Waals surface area contributed by atoms with E-state index in [1.807, 2.05) is 6.92 Å². The Morgan fingerprint density at radius 1 is 1.28 bits per heavy atom. The van der Waals surface area contributed by atoms with Gasteiger partial charge in [-0.3, -0.25) is 0 Å². The van der Waals surface area contributed by atoms with E-state index in [1.54, 1.807) is 24.3 Å². The number of benzene rings is 1. The van der Waals surface area contributed by atoms with Crippen LogP contribution in [0.3, 0.4) is 0 Å². The van der Waals surface area contributed by atoms with Crippen LogP contribution in [0.2, 0.25) is 0 Å². The summed E-state index contributed by atoms with van der Waals surface area (Å²) >= 11 is 3.26. The molecule has 1 aromatic carbocycles. The van der Waals surface area contributed by atoms with Crippen LogP contribution in [0, 0.1) is 0 Å². The highest BCUT2D eigenvalue weighted by atomic mass is 79.9. The lowest BCUT2D eigenvalue weighted by Crippen LogP contribution is -2.35. The Labute approximate surface area is 117 Å². The smallest absolute Gasteiger partial charge is 0.240 e. The van der Waals surface area contributed by atoms with E-state index >= 15 is 0 Å². The normalized spacial score (nSPS) is 13.5. The van der Waals surface area contributed by atoms with E-state index < -0.39 is 10.0 Å². The van der Waals surface area contributed by atoms with Gasteiger partial charge in [-0.2, -0.15) is 0 Å². The predicted molar refractivity (Wildman–Crippen MR) is 74.9 cm³/mol. The lowest BCUT2D eigenvalue weighted by atomic mass is 10.1. The molecule has 1 rings (SSSR count). The molecule has 2 N–H and O–H groups in total. The largest absolute Gasteiger partial charge is 0.396 e. The Hall–Kier alpha value is -0.430. The van der Waals surface area contributed by atoms with Gasteiger partial charge in [-0.05, 0) is 37.1 Å². The minimum atomic E-state index is -3.50. The molecule has 1 atom stereocenters. The van der Waals surface area contributed by atoms with E-state index in [1.165, 1.54) is 0 Å². The van der Waals surface area contributed by atoms with Gasteiger partial charge in [0.05, 0.1) is 4.90 Å². The molecule has 0 bridgehead atoms. The number of sulfonamides is 1. The first kappa shape index (κ1) is 15.6. The summed E-state index contributed by atoms with van der Waals surface area (Å²) in [4.78, 5) is 0.241. The van der Waals surface area contributed by atoms with Gasteiger partial charge in [-0.15, -0.1) is 0 Å². The van der Waals surface area contributed by atoms with Crippen molar-refractivity contribution >= 4 is 26.0 Å². The van der Waals surface area contributed by atoms with Gasteiger partial charge >= 0.3 is 0 Å². The molecular weight excluding hydrogens is 318 g/mol. The number of aliphatic hydroxyl groups excluding tert-OH is 1. The summed E-state index contributed by atoms with van der Waals surface area (Å²) in [5.74, 6) is 0. The number of rotatable bonds is 7. The van der Waals surface area contributed by atoms with Gasteiger partial charge < -0.3 is 5.11 Å². The lowest BCUT2D eigenvalue weighted by molar-refractivity contribution is 0.268. The third-order valence-electron chi connectivity index (χ3n) is 2.56. The molecule has 18 heavy (non-hydrogen) atoms. The van der Waals surface area contributed by atoms with Gasteiger partial charge in [0, 0.05) is 17.1 Å². The van der Waals surface area contributed by atoms with Crippen LogP contribution in [0.5, 0.6) is 0 Å². The molecule has 1 aromatic rings. The highest BCUT2D eigenvalue weighted by Crippen LogP contribution is 2.16. The zero-order valence-electron chi connectivity index (χ0n) is 10.3. The van der Waals surface area contributed by atoms with Crippen molar-refractivity contribution < 1.29 is 13.5 Å². The zero-order valence-corrected chi connectivity index (χ0v) is 12.7. The molecule has 6 heteroatoms. The zero-order chi connectivity index (χ0) is 13.6. The van der Waals surface area contributed by atoms with Crippen molar-refractivity contribution in [3.05, 3.63) is 28.7 Å². The van der Waals surface area contributed by atoms with E-state index in [2.05, 4.69) is 20.7 Å². The first-order chi connectivity index (χ1) is 8.49. The predicted octanol–water partition coefficient (Wildman–Crippen LogP) is 2.28. The fraction of sp³-hybridized carbons (Fsp3) is 0.500. The third-order valence-corrected chi connectivity index (χ3v) is 4.63. The summed E-state index contributed by atoms with van der Waals surface area (Å²) in [5.41, 5.74) is 0. The Balaban J connectivity index is 2.82. The molecule has 0 saturated carbocycles. The molecule has 0 fully saturated rings. The maximum Gasteiger partial charge on any atom is 0.240 e. The summed E-state index contributed by atoms with van der Waals surface area (Å²) < 4.78 is 27.7. The lowest BCUT2D eigenvalue weighted by Gasteiger charge is -2.17. The second-order valence-corrected chi connectivity index (χ2v) is 6.70. The number of halogens is 1. The van der Waals surface area contributed by atoms with Crippen LogP contribution in [0.1, 0.15) is 26.2 Å². The van der Waals surface area contributed by atoms with Gasteiger partial charge in [0.2, 0.25) is 10.0 Å². The number of hydrogen-bond acceptors (Lipinski definition) is 3. The fourth-order valence-electron chi connectivity index (χ4n) is 1.67. The van der Waals surface area contributed by atoms with Crippen molar-refractivity contribution in [2.45, 2.75) is 37.1 Å². The van der Waals surface area contributed by atoms with Gasteiger partial charge in [-0.25, -0.2) is 13.1 Å². The van der Waals surface area contributed by atoms with Crippen molar-refractivity contribution in [2.75, 3.05) is 6.61 Å². The number of nitrogens with one attached hydrogen (secondary N) is 1. The van der Waals surface area contributed by atoms with Crippen LogP contribution in [0.4, 0.5) is 0 Å². The van der Waals surface area contributed by atoms with E-state index in [9.17, 15) is 8.42 Å². The van der Waals surface area contributed by atoms with E-state index in [0.717, 1.165) is 17.3 Å². The van der Waals surface area contributed by atoms with E-state index in [4.69, 9.17) is 5.11 Å². The van der Waals surface area contributed by atoms with Crippen LogP contribution >= 0.6 is 15.9 Å². The molecule has 0 amide bonds. The van der Waals surface area contributed by atoms with Gasteiger partial charge in [0.15, 0.2) is 0 Å². The molecule has 0 aliphatic heterocycles. The molecule has 0 saturated heterocycles. The fourth-order valence-corrected chi connectivity index (χ4v) is 3.24. The van der Waals surface area contributed by atoms with Gasteiger partial charge in [0.1, 0.15) is 0 Å². The van der Waals surface area contributed by atoms with Crippen molar-refractivity contribution in [2.24, 2.45) is 0 Å². The maximum absolute atomic E-state index is 12.1. The van der Waals surface area contributed by atoms with Crippen molar-refractivity contribution in [1.82, 2.24) is 4.72 Å². The van der Waals surface area contributed by atoms with Crippen molar-refractivity contribution in [1.29, 1.82) is 0 Å². The van der Waals surface area contributed by atoms with Gasteiger partial charge in [-0.1, -0.05) is 29.3 Å². The van der Waals surface area contributed by atoms with E-state index in [0.29, 0.717) is 6.42 Å². The summed E-state index contributed by atoms with van der Waals surface area (Å²) in [6.45, 7) is 1.96. The highest BCUT2D eigenvalue weighted by Gasteiger charge is 2.19. The summed E-state index contributed by atoms with van der Waals surface area (Å²) in [6.07, 6.45) is 2.02. The molecule has 4 nitrogen and oxygen atoms in total. The Morgan fingerprint density at radius 2 is 1.89 bits per heavy atom. The Bertz CT molecular complexity index is 453. The summed E-state index contributed by atoms with van der Waals surface area (Å²) in [7, 11) is -3.50. The van der Waals surface area contributed by atoms with Crippen LogP contribution in [0.15, 0.2) is 33.6 Å². The number of hydrogen-bond donors (Lipinski definition) is 2. The Kier molecular flexibility index (Phi) is 6.28. The maximum atomic E-state index is 12.1. The molecule has 0 aliphatic carbocycles. The molecule has 102 valence electrons. The average Bonchev–Trinajstić information content (AvgIpc) is 2.29. The average molecular weight is 336 g/mol.